The second-order valence-electron chi connectivity index (χ2n) is 7.62. The lowest BCUT2D eigenvalue weighted by atomic mass is 9.93. The molecule has 1 fully saturated rings. The van der Waals surface area contributed by atoms with E-state index in [1.165, 1.54) is 23.1 Å². The van der Waals surface area contributed by atoms with Gasteiger partial charge in [-0.25, -0.2) is 18.3 Å². The number of para-hydroxylation sites is 1. The highest BCUT2D eigenvalue weighted by molar-refractivity contribution is 14.1. The zero-order valence-electron chi connectivity index (χ0n) is 16.6. The van der Waals surface area contributed by atoms with E-state index >= 15 is 0 Å². The molecule has 32 heavy (non-hydrogen) atoms. The maximum absolute atomic E-state index is 13.4. The molecule has 4 aromatic rings. The third kappa shape index (κ3) is 3.53. The Labute approximate surface area is 193 Å². The Kier molecular flexibility index (Phi) is 5.35. The van der Waals surface area contributed by atoms with Crippen molar-refractivity contribution in [1.82, 2.24) is 29.5 Å². The predicted octanol–water partition coefficient (Wildman–Crippen LogP) is 3.34. The first-order valence-corrected chi connectivity index (χ1v) is 11.2. The maximum Gasteiger partial charge on any atom is 0.280 e. The van der Waals surface area contributed by atoms with Gasteiger partial charge in [-0.3, -0.25) is 9.59 Å². The number of carbonyl (C=O) groups excluding carboxylic acids is 1. The van der Waals surface area contributed by atoms with Crippen molar-refractivity contribution in [2.75, 3.05) is 13.1 Å². The van der Waals surface area contributed by atoms with Gasteiger partial charge in [0.1, 0.15) is 17.6 Å². The van der Waals surface area contributed by atoms with Gasteiger partial charge in [0.25, 0.3) is 18.1 Å². The maximum atomic E-state index is 13.4. The Hall–Kier alpha value is -2.96. The molecule has 1 aliphatic heterocycles. The van der Waals surface area contributed by atoms with Gasteiger partial charge < -0.3 is 9.88 Å². The lowest BCUT2D eigenvalue weighted by Crippen LogP contribution is -2.45. The van der Waals surface area contributed by atoms with Crippen LogP contribution in [-0.4, -0.2) is 52.4 Å². The minimum atomic E-state index is -2.75. The fraction of sp³-hybridized carbons (Fsp3) is 0.286. The van der Waals surface area contributed by atoms with Crippen molar-refractivity contribution >= 4 is 45.2 Å². The van der Waals surface area contributed by atoms with Crippen LogP contribution in [-0.2, 0) is 0 Å². The van der Waals surface area contributed by atoms with Crippen molar-refractivity contribution in [3.05, 3.63) is 70.0 Å². The van der Waals surface area contributed by atoms with Crippen molar-refractivity contribution < 1.29 is 13.6 Å². The molecule has 3 aromatic heterocycles. The molecule has 1 unspecified atom stereocenters. The van der Waals surface area contributed by atoms with E-state index in [2.05, 4.69) is 42.6 Å². The first-order chi connectivity index (χ1) is 15.4. The van der Waals surface area contributed by atoms with E-state index in [0.717, 1.165) is 0 Å². The van der Waals surface area contributed by atoms with Crippen molar-refractivity contribution in [3.63, 3.8) is 0 Å². The molecule has 1 aromatic carbocycles. The molecule has 164 valence electrons. The number of H-pyrrole nitrogens is 1. The molecule has 0 aliphatic carbocycles. The minimum Gasteiger partial charge on any atom is -0.360 e. The number of aromatic amines is 1. The number of hydrogen-bond donors (Lipinski definition) is 1. The summed E-state index contributed by atoms with van der Waals surface area (Å²) >= 11 is 2.27. The zero-order valence-corrected chi connectivity index (χ0v) is 18.7. The van der Waals surface area contributed by atoms with E-state index in [9.17, 15) is 18.4 Å². The minimum absolute atomic E-state index is 0.0586. The van der Waals surface area contributed by atoms with E-state index in [1.807, 2.05) is 6.07 Å². The van der Waals surface area contributed by atoms with Crippen LogP contribution in [0.15, 0.2) is 47.7 Å². The first-order valence-electron chi connectivity index (χ1n) is 9.96. The molecule has 0 bridgehead atoms. The number of rotatable bonds is 3. The third-order valence-corrected chi connectivity index (χ3v) is 7.23. The van der Waals surface area contributed by atoms with Gasteiger partial charge >= 0.3 is 0 Å². The molecular weight excluding hydrogens is 533 g/mol. The highest BCUT2D eigenvalue weighted by Crippen LogP contribution is 2.34. The molecule has 1 aliphatic rings. The van der Waals surface area contributed by atoms with Crippen molar-refractivity contribution in [2.45, 2.75) is 22.7 Å². The summed E-state index contributed by atoms with van der Waals surface area (Å²) in [7, 11) is 0. The van der Waals surface area contributed by atoms with E-state index < -0.39 is 6.43 Å². The van der Waals surface area contributed by atoms with Crippen LogP contribution in [0, 0.1) is 0 Å². The number of hydrogen-bond acceptors (Lipinski definition) is 5. The average molecular weight is 550 g/mol. The number of pyridine rings is 1. The standard InChI is InChI=1S/C21H17F2IN6O2/c22-19(23)16-7-17(30-21(28-16)26-10-27-30)13-9-29(6-5-14(13)24)20(32)12-8-25-15-4-2-1-3-11(15)18(12)31/h1-4,7-8,10,13-14,19H,5-6,9H2,(H,25,31)/t13-,14?/m1/s1. The third-order valence-electron chi connectivity index (χ3n) is 5.74. The van der Waals surface area contributed by atoms with Crippen molar-refractivity contribution in [2.24, 2.45) is 0 Å². The Morgan fingerprint density at radius 3 is 2.91 bits per heavy atom. The molecule has 4 heterocycles. The molecule has 11 heteroatoms. The van der Waals surface area contributed by atoms with Gasteiger partial charge in [0, 0.05) is 40.0 Å². The van der Waals surface area contributed by atoms with Crippen LogP contribution >= 0.6 is 22.6 Å². The highest BCUT2D eigenvalue weighted by atomic mass is 127. The smallest absolute Gasteiger partial charge is 0.280 e. The van der Waals surface area contributed by atoms with Gasteiger partial charge in [-0.1, -0.05) is 34.7 Å². The van der Waals surface area contributed by atoms with Gasteiger partial charge in [-0.2, -0.15) is 10.1 Å². The Balaban J connectivity index is 1.51. The number of amides is 1. The molecule has 0 spiro atoms. The topological polar surface area (TPSA) is 96.2 Å². The number of carbonyl (C=O) groups is 1. The number of piperidine rings is 1. The van der Waals surface area contributed by atoms with E-state index in [0.29, 0.717) is 29.6 Å². The summed E-state index contributed by atoms with van der Waals surface area (Å²) in [4.78, 5) is 38.6. The molecule has 0 radical (unpaired) electrons. The van der Waals surface area contributed by atoms with Gasteiger partial charge in [-0.05, 0) is 24.6 Å². The summed E-state index contributed by atoms with van der Waals surface area (Å²) in [5.74, 6) is -0.573. The van der Waals surface area contributed by atoms with Gasteiger partial charge in [-0.15, -0.1) is 0 Å². The predicted molar refractivity (Wildman–Crippen MR) is 121 cm³/mol. The Morgan fingerprint density at radius 2 is 2.09 bits per heavy atom. The fourth-order valence-electron chi connectivity index (χ4n) is 4.11. The Morgan fingerprint density at radius 1 is 1.28 bits per heavy atom. The Bertz CT molecular complexity index is 1390. The van der Waals surface area contributed by atoms with Crippen LogP contribution in [0.4, 0.5) is 8.78 Å². The van der Waals surface area contributed by atoms with Crippen LogP contribution in [0.3, 0.4) is 0 Å². The summed E-state index contributed by atoms with van der Waals surface area (Å²) in [6, 6.07) is 8.34. The van der Waals surface area contributed by atoms with Crippen LogP contribution in [0.25, 0.3) is 16.7 Å². The van der Waals surface area contributed by atoms with Gasteiger partial charge in [0.05, 0.1) is 5.69 Å². The van der Waals surface area contributed by atoms with Gasteiger partial charge in [0.15, 0.2) is 0 Å². The number of fused-ring (bicyclic) bond motifs is 2. The molecule has 2 atom stereocenters. The summed E-state index contributed by atoms with van der Waals surface area (Å²) in [5, 5.41) is 4.58. The summed E-state index contributed by atoms with van der Waals surface area (Å²) < 4.78 is 28.4. The second-order valence-corrected chi connectivity index (χ2v) is 9.22. The van der Waals surface area contributed by atoms with Gasteiger partial charge in [0.2, 0.25) is 5.43 Å². The molecule has 5 rings (SSSR count). The number of benzene rings is 1. The number of halogens is 3. The van der Waals surface area contributed by atoms with E-state index in [-0.39, 0.29) is 44.8 Å². The second kappa shape index (κ2) is 8.19. The van der Waals surface area contributed by atoms with E-state index in [4.69, 9.17) is 0 Å². The number of alkyl halides is 3. The quantitative estimate of drug-likeness (QED) is 0.312. The van der Waals surface area contributed by atoms with Crippen LogP contribution in [0.1, 0.15) is 40.5 Å². The average Bonchev–Trinajstić information content (AvgIpc) is 3.28. The SMILES string of the molecule is O=C(c1c[nH]c2ccccc2c1=O)N1CCC(I)[C@H](c2cc(C(F)F)nc3ncnn23)C1. The van der Waals surface area contributed by atoms with E-state index in [1.54, 1.807) is 23.1 Å². The van der Waals surface area contributed by atoms with Crippen molar-refractivity contribution in [3.8, 4) is 0 Å². The lowest BCUT2D eigenvalue weighted by Gasteiger charge is -2.36. The summed E-state index contributed by atoms with van der Waals surface area (Å²) in [6.07, 6.45) is 0.601. The number of nitrogens with zero attached hydrogens (tertiary/aromatic N) is 5. The molecule has 8 nitrogen and oxygen atoms in total. The largest absolute Gasteiger partial charge is 0.360 e. The lowest BCUT2D eigenvalue weighted by molar-refractivity contribution is 0.0710. The molecule has 1 amide bonds. The molecule has 1 N–H and O–H groups in total. The fourth-order valence-corrected chi connectivity index (χ4v) is 4.99. The normalized spacial score (nSPS) is 19.2. The zero-order chi connectivity index (χ0) is 22.4. The van der Waals surface area contributed by atoms with Crippen LogP contribution in [0.5, 0.6) is 0 Å². The van der Waals surface area contributed by atoms with Crippen molar-refractivity contribution in [1.29, 1.82) is 0 Å². The highest BCUT2D eigenvalue weighted by Gasteiger charge is 2.34. The molecule has 1 saturated heterocycles. The number of aromatic nitrogens is 5. The molecular formula is C21H17F2IN6O2. The summed E-state index contributed by atoms with van der Waals surface area (Å²) in [5.41, 5.74) is 0.525. The van der Waals surface area contributed by atoms with Crippen LogP contribution in [0.2, 0.25) is 0 Å². The number of nitrogens with one attached hydrogen (secondary N) is 1. The summed E-state index contributed by atoms with van der Waals surface area (Å²) in [6.45, 7) is 0.725. The molecule has 0 saturated carbocycles. The first kappa shape index (κ1) is 20.9. The van der Waals surface area contributed by atoms with Crippen LogP contribution < -0.4 is 5.43 Å². The number of likely N-dealkylation sites (tertiary alicyclic amines) is 1. The monoisotopic (exact) mass is 550 g/mol.